The van der Waals surface area contributed by atoms with Gasteiger partial charge >= 0.3 is 5.97 Å². The summed E-state index contributed by atoms with van der Waals surface area (Å²) in [5.74, 6) is 1.00. The van der Waals surface area contributed by atoms with Crippen LogP contribution in [-0.4, -0.2) is 40.6 Å². The molecule has 0 radical (unpaired) electrons. The first-order valence-electron chi connectivity index (χ1n) is 2.84. The van der Waals surface area contributed by atoms with Crippen LogP contribution in [-0.2, 0) is 4.79 Å². The van der Waals surface area contributed by atoms with Crippen LogP contribution in [0, 0.1) is 0 Å². The van der Waals surface area contributed by atoms with Crippen molar-refractivity contribution in [2.45, 2.75) is 6.04 Å². The molecule has 4 nitrogen and oxygen atoms in total. The Hall–Kier alpha value is -0.260. The van der Waals surface area contributed by atoms with Gasteiger partial charge < -0.3 is 15.9 Å². The zero-order valence-corrected chi connectivity index (χ0v) is 6.28. The van der Waals surface area contributed by atoms with E-state index in [0.717, 1.165) is 12.3 Å². The predicted octanol–water partition coefficient (Wildman–Crippen LogP) is -1.05. The highest BCUT2D eigenvalue weighted by Crippen LogP contribution is 2.06. The first kappa shape index (κ1) is 9.74. The maximum Gasteiger partial charge on any atom is 0.321 e. The largest absolute Gasteiger partial charge is 0.480 e. The van der Waals surface area contributed by atoms with Crippen LogP contribution in [0.2, 0.25) is 0 Å². The van der Waals surface area contributed by atoms with Gasteiger partial charge in [-0.1, -0.05) is 0 Å². The van der Waals surface area contributed by atoms with Crippen LogP contribution in [0.1, 0.15) is 0 Å². The molecule has 5 heteroatoms. The molecule has 1 fully saturated rings. The van der Waals surface area contributed by atoms with E-state index < -0.39 is 5.97 Å². The minimum atomic E-state index is -0.734. The van der Waals surface area contributed by atoms with Gasteiger partial charge in [0, 0.05) is 18.1 Å². The van der Waals surface area contributed by atoms with Gasteiger partial charge in [-0.25, -0.2) is 0 Å². The molecule has 0 spiro atoms. The van der Waals surface area contributed by atoms with Gasteiger partial charge in [0.15, 0.2) is 0 Å². The molecule has 1 saturated heterocycles. The number of nitrogens with one attached hydrogen (secondary N) is 1. The summed E-state index contributed by atoms with van der Waals surface area (Å²) in [5, 5.41) is 11.4. The summed E-state index contributed by atoms with van der Waals surface area (Å²) in [6, 6.07) is -0.316. The Balaban J connectivity index is 0.000000810. The van der Waals surface area contributed by atoms with Crippen LogP contribution < -0.4 is 5.32 Å². The number of aliphatic carboxylic acids is 1. The molecule has 0 bridgehead atoms. The summed E-state index contributed by atoms with van der Waals surface area (Å²) in [4.78, 5) is 10.3. The van der Waals surface area contributed by atoms with Gasteiger partial charge in [-0.15, -0.1) is 0 Å². The molecule has 10 heavy (non-hydrogen) atoms. The van der Waals surface area contributed by atoms with Crippen LogP contribution in [0.15, 0.2) is 0 Å². The highest BCUT2D eigenvalue weighted by Gasteiger charge is 2.18. The van der Waals surface area contributed by atoms with Crippen LogP contribution in [0.25, 0.3) is 0 Å². The molecule has 0 aliphatic carbocycles. The van der Waals surface area contributed by atoms with E-state index in [0.29, 0.717) is 5.75 Å². The molecular weight excluding hydrogens is 154 g/mol. The molecule has 0 aromatic heterocycles. The summed E-state index contributed by atoms with van der Waals surface area (Å²) >= 11 is 1.69. The molecule has 0 amide bonds. The topological polar surface area (TPSA) is 80.8 Å². The van der Waals surface area contributed by atoms with Crippen molar-refractivity contribution in [3.63, 3.8) is 0 Å². The zero-order valence-electron chi connectivity index (χ0n) is 5.46. The molecule has 4 N–H and O–H groups in total. The molecular formula is C5H11NO3S. The Kier molecular flexibility index (Phi) is 4.42. The van der Waals surface area contributed by atoms with Crippen molar-refractivity contribution < 1.29 is 15.4 Å². The van der Waals surface area contributed by atoms with Crippen molar-refractivity contribution >= 4 is 17.7 Å². The lowest BCUT2D eigenvalue weighted by molar-refractivity contribution is -0.138. The van der Waals surface area contributed by atoms with Gasteiger partial charge in [0.2, 0.25) is 0 Å². The number of hydrogen-bond acceptors (Lipinski definition) is 3. The highest BCUT2D eigenvalue weighted by atomic mass is 32.2. The first-order chi connectivity index (χ1) is 4.30. The summed E-state index contributed by atoms with van der Waals surface area (Å²) in [7, 11) is 0. The summed E-state index contributed by atoms with van der Waals surface area (Å²) in [6.07, 6.45) is 0. The van der Waals surface area contributed by atoms with E-state index in [4.69, 9.17) is 5.11 Å². The standard InChI is InChI=1S/C5H9NO2S.H2O/c7-5(8)4-3-9-2-1-6-4;/h4,6H,1-3H2,(H,7,8);1H2. The number of carbonyl (C=O) groups is 1. The summed E-state index contributed by atoms with van der Waals surface area (Å²) in [5.41, 5.74) is 0. The zero-order chi connectivity index (χ0) is 6.69. The average Bonchev–Trinajstić information content (AvgIpc) is 1.90. The molecule has 0 aromatic carbocycles. The fraction of sp³-hybridized carbons (Fsp3) is 0.800. The Morgan fingerprint density at radius 3 is 2.70 bits per heavy atom. The second kappa shape index (κ2) is 4.54. The van der Waals surface area contributed by atoms with Gasteiger partial charge in [0.25, 0.3) is 0 Å². The van der Waals surface area contributed by atoms with Crippen LogP contribution in [0.5, 0.6) is 0 Å². The number of hydrogen-bond donors (Lipinski definition) is 2. The van der Waals surface area contributed by atoms with Gasteiger partial charge in [-0.05, 0) is 0 Å². The molecule has 1 aliphatic rings. The second-order valence-electron chi connectivity index (χ2n) is 1.92. The Bertz CT molecular complexity index is 113. The lowest BCUT2D eigenvalue weighted by Crippen LogP contribution is -2.43. The van der Waals surface area contributed by atoms with Crippen molar-refractivity contribution in [3.8, 4) is 0 Å². The smallest absolute Gasteiger partial charge is 0.321 e. The molecule has 1 aliphatic heterocycles. The third-order valence-electron chi connectivity index (χ3n) is 1.22. The Morgan fingerprint density at radius 1 is 1.70 bits per heavy atom. The maximum atomic E-state index is 10.3. The monoisotopic (exact) mass is 165 g/mol. The van der Waals surface area contributed by atoms with E-state index in [1.165, 1.54) is 0 Å². The molecule has 1 unspecified atom stereocenters. The van der Waals surface area contributed by atoms with E-state index in [2.05, 4.69) is 5.32 Å². The maximum absolute atomic E-state index is 10.3. The van der Waals surface area contributed by atoms with E-state index in [1.807, 2.05) is 0 Å². The summed E-state index contributed by atoms with van der Waals surface area (Å²) < 4.78 is 0. The van der Waals surface area contributed by atoms with E-state index in [-0.39, 0.29) is 11.5 Å². The van der Waals surface area contributed by atoms with E-state index in [1.54, 1.807) is 11.8 Å². The second-order valence-corrected chi connectivity index (χ2v) is 3.07. The third-order valence-corrected chi connectivity index (χ3v) is 2.28. The summed E-state index contributed by atoms with van der Waals surface area (Å²) in [6.45, 7) is 0.821. The Morgan fingerprint density at radius 2 is 2.40 bits per heavy atom. The molecule has 0 saturated carbocycles. The fourth-order valence-corrected chi connectivity index (χ4v) is 1.65. The number of rotatable bonds is 1. The van der Waals surface area contributed by atoms with E-state index >= 15 is 0 Å². The molecule has 1 heterocycles. The first-order valence-corrected chi connectivity index (χ1v) is 4.00. The quantitative estimate of drug-likeness (QED) is 0.519. The average molecular weight is 165 g/mol. The lowest BCUT2D eigenvalue weighted by Gasteiger charge is -2.18. The van der Waals surface area contributed by atoms with E-state index in [9.17, 15) is 4.79 Å². The van der Waals surface area contributed by atoms with Crippen LogP contribution >= 0.6 is 11.8 Å². The van der Waals surface area contributed by atoms with Crippen molar-refractivity contribution in [2.24, 2.45) is 0 Å². The van der Waals surface area contributed by atoms with Crippen molar-refractivity contribution in [1.29, 1.82) is 0 Å². The van der Waals surface area contributed by atoms with Crippen molar-refractivity contribution in [2.75, 3.05) is 18.1 Å². The molecule has 60 valence electrons. The minimum Gasteiger partial charge on any atom is -0.480 e. The van der Waals surface area contributed by atoms with Crippen LogP contribution in [0.4, 0.5) is 0 Å². The minimum absolute atomic E-state index is 0. The molecule has 1 rings (SSSR count). The normalized spacial score (nSPS) is 25.0. The fourth-order valence-electron chi connectivity index (χ4n) is 0.724. The van der Waals surface area contributed by atoms with Gasteiger partial charge in [-0.2, -0.15) is 11.8 Å². The van der Waals surface area contributed by atoms with Gasteiger partial charge in [0.05, 0.1) is 0 Å². The van der Waals surface area contributed by atoms with Crippen molar-refractivity contribution in [3.05, 3.63) is 0 Å². The van der Waals surface area contributed by atoms with Crippen molar-refractivity contribution in [1.82, 2.24) is 5.32 Å². The van der Waals surface area contributed by atoms with Crippen LogP contribution in [0.3, 0.4) is 0 Å². The number of carboxylic acids is 1. The molecule has 0 aromatic rings. The SMILES string of the molecule is O.O=C(O)C1CSCCN1. The highest BCUT2D eigenvalue weighted by molar-refractivity contribution is 7.99. The third kappa shape index (κ3) is 2.55. The number of thioether (sulfide) groups is 1. The van der Waals surface area contributed by atoms with Gasteiger partial charge in [0.1, 0.15) is 6.04 Å². The molecule has 1 atom stereocenters. The lowest BCUT2D eigenvalue weighted by atomic mass is 10.3. The predicted molar refractivity (Wildman–Crippen MR) is 40.4 cm³/mol. The van der Waals surface area contributed by atoms with Gasteiger partial charge in [-0.3, -0.25) is 4.79 Å². The Labute approximate surface area is 63.3 Å². The number of carboxylic acid groups (broad SMARTS) is 1.